The Morgan fingerprint density at radius 2 is 2.19 bits per heavy atom. The lowest BCUT2D eigenvalue weighted by molar-refractivity contribution is 0.196. The molecule has 0 unspecified atom stereocenters. The Hall–Kier alpha value is -0.970. The number of nitrogens with zero attached hydrogens (tertiary/aromatic N) is 1. The lowest BCUT2D eigenvalue weighted by Gasteiger charge is -1.99. The van der Waals surface area contributed by atoms with Crippen LogP contribution in [0.3, 0.4) is 0 Å². The average Bonchev–Trinajstić information content (AvgIpc) is 2.66. The number of hydrogen-bond acceptors (Lipinski definition) is 4. The first-order valence-electron chi connectivity index (χ1n) is 4.65. The van der Waals surface area contributed by atoms with Crippen LogP contribution in [0.4, 0.5) is 5.69 Å². The van der Waals surface area contributed by atoms with Crippen LogP contribution in [-0.4, -0.2) is 18.7 Å². The maximum Gasteiger partial charge on any atom is 0.197 e. The number of methoxy groups -OCH3 is 1. The maximum atomic E-state index is 6.00. The van der Waals surface area contributed by atoms with Gasteiger partial charge in [0.1, 0.15) is 10.5 Å². The summed E-state index contributed by atoms with van der Waals surface area (Å²) in [6.45, 7) is 0.535. The number of benzene rings is 1. The summed E-state index contributed by atoms with van der Waals surface area (Å²) in [5.41, 5.74) is 7.14. The van der Waals surface area contributed by atoms with Gasteiger partial charge >= 0.3 is 0 Å². The minimum Gasteiger partial charge on any atom is -0.439 e. The number of oxazole rings is 1. The van der Waals surface area contributed by atoms with Gasteiger partial charge in [-0.05, 0) is 6.07 Å². The van der Waals surface area contributed by atoms with Gasteiger partial charge in [0.25, 0.3) is 0 Å². The molecule has 86 valence electrons. The molecule has 4 nitrogen and oxygen atoms in total. The van der Waals surface area contributed by atoms with Crippen molar-refractivity contribution in [2.45, 2.75) is 6.42 Å². The third-order valence-electron chi connectivity index (χ3n) is 2.16. The van der Waals surface area contributed by atoms with Crippen molar-refractivity contribution in [2.75, 3.05) is 19.5 Å². The van der Waals surface area contributed by atoms with Crippen molar-refractivity contribution < 1.29 is 9.15 Å². The van der Waals surface area contributed by atoms with Crippen LogP contribution in [-0.2, 0) is 11.2 Å². The largest absolute Gasteiger partial charge is 0.439 e. The van der Waals surface area contributed by atoms with E-state index in [1.165, 1.54) is 0 Å². The topological polar surface area (TPSA) is 61.3 Å². The molecular weight excluding hydrogens is 251 g/mol. The normalized spacial score (nSPS) is 11.2. The molecular formula is C10H10Cl2N2O2. The van der Waals surface area contributed by atoms with Crippen LogP contribution in [0.25, 0.3) is 11.1 Å². The zero-order chi connectivity index (χ0) is 11.7. The number of aromatic nitrogens is 1. The SMILES string of the molecule is COCCc1nc2cc(N)c(Cl)c(Cl)c2o1. The van der Waals surface area contributed by atoms with E-state index in [9.17, 15) is 0 Å². The van der Waals surface area contributed by atoms with E-state index in [2.05, 4.69) is 4.98 Å². The highest BCUT2D eigenvalue weighted by Crippen LogP contribution is 2.35. The molecule has 0 atom stereocenters. The predicted octanol–water partition coefficient (Wildman–Crippen LogP) is 2.91. The fourth-order valence-corrected chi connectivity index (χ4v) is 1.75. The lowest BCUT2D eigenvalue weighted by atomic mass is 10.3. The van der Waals surface area contributed by atoms with E-state index in [1.54, 1.807) is 13.2 Å². The van der Waals surface area contributed by atoms with Crippen LogP contribution in [0.2, 0.25) is 10.0 Å². The molecule has 2 rings (SSSR count). The summed E-state index contributed by atoms with van der Waals surface area (Å²) in [6.07, 6.45) is 0.582. The van der Waals surface area contributed by atoms with Gasteiger partial charge in [0.2, 0.25) is 0 Å². The summed E-state index contributed by atoms with van der Waals surface area (Å²) in [5, 5.41) is 0.594. The smallest absolute Gasteiger partial charge is 0.197 e. The predicted molar refractivity (Wildman–Crippen MR) is 64.0 cm³/mol. The molecule has 0 aliphatic rings. The number of nitrogen functional groups attached to an aromatic ring is 1. The molecule has 0 saturated heterocycles. The molecule has 0 spiro atoms. The Kier molecular flexibility index (Phi) is 3.23. The summed E-state index contributed by atoms with van der Waals surface area (Å²) in [7, 11) is 1.62. The zero-order valence-corrected chi connectivity index (χ0v) is 10.1. The first-order chi connectivity index (χ1) is 7.63. The van der Waals surface area contributed by atoms with E-state index < -0.39 is 0 Å². The van der Waals surface area contributed by atoms with Gasteiger partial charge < -0.3 is 14.9 Å². The Morgan fingerprint density at radius 1 is 1.44 bits per heavy atom. The van der Waals surface area contributed by atoms with Crippen molar-refractivity contribution in [2.24, 2.45) is 0 Å². The van der Waals surface area contributed by atoms with Crippen molar-refractivity contribution in [3.05, 3.63) is 22.0 Å². The van der Waals surface area contributed by atoms with Crippen molar-refractivity contribution in [1.29, 1.82) is 0 Å². The fourth-order valence-electron chi connectivity index (χ4n) is 1.37. The van der Waals surface area contributed by atoms with E-state index in [-0.39, 0.29) is 0 Å². The van der Waals surface area contributed by atoms with E-state index in [1.807, 2.05) is 0 Å². The van der Waals surface area contributed by atoms with Crippen LogP contribution in [0.5, 0.6) is 0 Å². The molecule has 0 amide bonds. The number of halogens is 2. The van der Waals surface area contributed by atoms with Gasteiger partial charge in [0.15, 0.2) is 11.5 Å². The van der Waals surface area contributed by atoms with Gasteiger partial charge in [0, 0.05) is 13.5 Å². The first kappa shape index (κ1) is 11.5. The minimum atomic E-state index is 0.295. The molecule has 0 aliphatic carbocycles. The molecule has 1 aromatic heterocycles. The Morgan fingerprint density at radius 3 is 2.88 bits per heavy atom. The van der Waals surface area contributed by atoms with Crippen LogP contribution >= 0.6 is 23.2 Å². The van der Waals surface area contributed by atoms with Crippen molar-refractivity contribution in [3.63, 3.8) is 0 Å². The van der Waals surface area contributed by atoms with Gasteiger partial charge in [0.05, 0.1) is 17.3 Å². The van der Waals surface area contributed by atoms with Crippen LogP contribution in [0, 0.1) is 0 Å². The number of fused-ring (bicyclic) bond motifs is 1. The van der Waals surface area contributed by atoms with Crippen molar-refractivity contribution in [1.82, 2.24) is 4.98 Å². The third-order valence-corrected chi connectivity index (χ3v) is 3.02. The first-order valence-corrected chi connectivity index (χ1v) is 5.41. The number of nitrogens with two attached hydrogens (primary N) is 1. The zero-order valence-electron chi connectivity index (χ0n) is 8.59. The second-order valence-electron chi connectivity index (χ2n) is 3.29. The molecule has 0 aliphatic heterocycles. The minimum absolute atomic E-state index is 0.295. The van der Waals surface area contributed by atoms with Gasteiger partial charge in [-0.15, -0.1) is 0 Å². The average molecular weight is 261 g/mol. The number of hydrogen-bond donors (Lipinski definition) is 1. The molecule has 0 radical (unpaired) electrons. The molecule has 2 aromatic rings. The number of ether oxygens (including phenoxy) is 1. The number of rotatable bonds is 3. The molecule has 1 heterocycles. The van der Waals surface area contributed by atoms with E-state index in [0.29, 0.717) is 45.8 Å². The molecule has 16 heavy (non-hydrogen) atoms. The van der Waals surface area contributed by atoms with Gasteiger partial charge in [-0.3, -0.25) is 0 Å². The van der Waals surface area contributed by atoms with E-state index >= 15 is 0 Å². The monoisotopic (exact) mass is 260 g/mol. The summed E-state index contributed by atoms with van der Waals surface area (Å²) in [4.78, 5) is 4.24. The van der Waals surface area contributed by atoms with Crippen LogP contribution < -0.4 is 5.73 Å². The molecule has 6 heteroatoms. The second-order valence-corrected chi connectivity index (χ2v) is 4.05. The molecule has 0 bridgehead atoms. The summed E-state index contributed by atoms with van der Waals surface area (Å²) >= 11 is 11.9. The van der Waals surface area contributed by atoms with Crippen LogP contribution in [0.1, 0.15) is 5.89 Å². The highest BCUT2D eigenvalue weighted by molar-refractivity contribution is 6.46. The van der Waals surface area contributed by atoms with Gasteiger partial charge in [-0.2, -0.15) is 0 Å². The highest BCUT2D eigenvalue weighted by Gasteiger charge is 2.14. The second kappa shape index (κ2) is 4.49. The van der Waals surface area contributed by atoms with Gasteiger partial charge in [-0.25, -0.2) is 4.98 Å². The van der Waals surface area contributed by atoms with Crippen molar-refractivity contribution in [3.8, 4) is 0 Å². The molecule has 0 saturated carbocycles. The Bertz CT molecular complexity index is 525. The lowest BCUT2D eigenvalue weighted by Crippen LogP contribution is -1.93. The van der Waals surface area contributed by atoms with Crippen LogP contribution in [0.15, 0.2) is 10.5 Å². The maximum absolute atomic E-state index is 6.00. The molecule has 0 fully saturated rings. The fraction of sp³-hybridized carbons (Fsp3) is 0.300. The van der Waals surface area contributed by atoms with Gasteiger partial charge in [-0.1, -0.05) is 23.2 Å². The quantitative estimate of drug-likeness (QED) is 0.863. The van der Waals surface area contributed by atoms with E-state index in [0.717, 1.165) is 0 Å². The van der Waals surface area contributed by atoms with Crippen molar-refractivity contribution >= 4 is 40.0 Å². The number of anilines is 1. The molecule has 1 aromatic carbocycles. The van der Waals surface area contributed by atoms with E-state index in [4.69, 9.17) is 38.1 Å². The summed E-state index contributed by atoms with van der Waals surface area (Å²) in [5.74, 6) is 0.556. The Balaban J connectivity index is 2.49. The summed E-state index contributed by atoms with van der Waals surface area (Å²) in [6, 6.07) is 1.64. The third kappa shape index (κ3) is 1.96. The molecule has 2 N–H and O–H groups in total. The standard InChI is InChI=1S/C10H10Cl2N2O2/c1-15-3-2-7-14-6-4-5(13)8(11)9(12)10(6)16-7/h4H,2-3,13H2,1H3. The summed E-state index contributed by atoms with van der Waals surface area (Å²) < 4.78 is 10.4. The highest BCUT2D eigenvalue weighted by atomic mass is 35.5. The Labute approximate surface area is 102 Å².